The second-order valence-electron chi connectivity index (χ2n) is 10.7. The Kier molecular flexibility index (Phi) is 10.3. The molecule has 1 N–H and O–H groups in total. The SMILES string of the molecule is COC.FC(F)c1nc2ccccc2n1-c1cc(NCC2CCC(N3CCOCC3)CC2)nc(N2CCOCC2)n1. The van der Waals surface area contributed by atoms with E-state index in [1.807, 2.05) is 11.0 Å². The summed E-state index contributed by atoms with van der Waals surface area (Å²) in [6.07, 6.45) is 1.97. The van der Waals surface area contributed by atoms with Crippen LogP contribution in [-0.4, -0.2) is 104 Å². The molecule has 2 aliphatic heterocycles. The van der Waals surface area contributed by atoms with E-state index in [0.29, 0.717) is 66.9 Å². The van der Waals surface area contributed by atoms with Crippen molar-refractivity contribution in [3.05, 3.63) is 36.2 Å². The zero-order chi connectivity index (χ0) is 28.6. The smallest absolute Gasteiger partial charge is 0.296 e. The molecule has 1 aromatic carbocycles. The summed E-state index contributed by atoms with van der Waals surface area (Å²) in [5.74, 6) is 1.78. The van der Waals surface area contributed by atoms with Crippen molar-refractivity contribution in [3.8, 4) is 5.82 Å². The average Bonchev–Trinajstić information content (AvgIpc) is 3.42. The number of anilines is 2. The van der Waals surface area contributed by atoms with Gasteiger partial charge in [0, 0.05) is 59.1 Å². The molecule has 1 saturated carbocycles. The van der Waals surface area contributed by atoms with Gasteiger partial charge in [-0.05, 0) is 43.7 Å². The molecule has 2 aromatic heterocycles. The van der Waals surface area contributed by atoms with E-state index in [1.165, 1.54) is 17.4 Å². The van der Waals surface area contributed by atoms with Crippen molar-refractivity contribution in [2.24, 2.45) is 5.92 Å². The van der Waals surface area contributed by atoms with E-state index in [-0.39, 0.29) is 5.82 Å². The Morgan fingerprint density at radius 1 is 0.927 bits per heavy atom. The minimum Gasteiger partial charge on any atom is -0.388 e. The van der Waals surface area contributed by atoms with Gasteiger partial charge in [-0.3, -0.25) is 9.47 Å². The van der Waals surface area contributed by atoms with Crippen molar-refractivity contribution in [1.82, 2.24) is 24.4 Å². The number of rotatable bonds is 7. The van der Waals surface area contributed by atoms with Crippen LogP contribution in [0.3, 0.4) is 0 Å². The number of benzene rings is 1. The highest BCUT2D eigenvalue weighted by molar-refractivity contribution is 5.78. The molecule has 12 heteroatoms. The Morgan fingerprint density at radius 2 is 1.59 bits per heavy atom. The summed E-state index contributed by atoms with van der Waals surface area (Å²) in [6.45, 7) is 7.00. The summed E-state index contributed by atoms with van der Waals surface area (Å²) >= 11 is 0. The number of ether oxygens (including phenoxy) is 3. The third-order valence-electron chi connectivity index (χ3n) is 7.96. The predicted molar refractivity (Wildman–Crippen MR) is 154 cm³/mol. The summed E-state index contributed by atoms with van der Waals surface area (Å²) in [7, 11) is 3.25. The number of alkyl halides is 2. The number of para-hydroxylation sites is 2. The van der Waals surface area contributed by atoms with Crippen molar-refractivity contribution in [1.29, 1.82) is 0 Å². The fourth-order valence-electron chi connectivity index (χ4n) is 5.87. The Bertz CT molecular complexity index is 1240. The van der Waals surface area contributed by atoms with Gasteiger partial charge in [-0.1, -0.05) is 12.1 Å². The summed E-state index contributed by atoms with van der Waals surface area (Å²) in [6, 6.07) is 9.58. The first-order valence-electron chi connectivity index (χ1n) is 14.5. The molecule has 6 rings (SSSR count). The highest BCUT2D eigenvalue weighted by atomic mass is 19.3. The number of hydrogen-bond acceptors (Lipinski definition) is 9. The molecule has 1 aliphatic carbocycles. The van der Waals surface area contributed by atoms with Crippen LogP contribution in [0.4, 0.5) is 20.5 Å². The van der Waals surface area contributed by atoms with Gasteiger partial charge < -0.3 is 24.4 Å². The van der Waals surface area contributed by atoms with Crippen molar-refractivity contribution in [3.63, 3.8) is 0 Å². The molecule has 0 atom stereocenters. The highest BCUT2D eigenvalue weighted by Gasteiger charge is 2.27. The number of nitrogens with one attached hydrogen (secondary N) is 1. The van der Waals surface area contributed by atoms with Crippen LogP contribution in [-0.2, 0) is 14.2 Å². The fraction of sp³-hybridized carbons (Fsp3) is 0.621. The Balaban J connectivity index is 0.00000108. The van der Waals surface area contributed by atoms with Crippen LogP contribution in [0.1, 0.15) is 37.9 Å². The van der Waals surface area contributed by atoms with Crippen LogP contribution in [0, 0.1) is 5.92 Å². The lowest BCUT2D eigenvalue weighted by Gasteiger charge is -2.38. The minimum absolute atomic E-state index is 0.315. The first kappa shape index (κ1) is 29.6. The van der Waals surface area contributed by atoms with E-state index >= 15 is 0 Å². The van der Waals surface area contributed by atoms with E-state index in [1.54, 1.807) is 38.5 Å². The number of fused-ring (bicyclic) bond motifs is 1. The molecular formula is C29H41F2N7O3. The van der Waals surface area contributed by atoms with Gasteiger partial charge >= 0.3 is 0 Å². The van der Waals surface area contributed by atoms with Crippen LogP contribution in [0.25, 0.3) is 16.9 Å². The minimum atomic E-state index is -2.73. The molecule has 0 bridgehead atoms. The molecule has 41 heavy (non-hydrogen) atoms. The van der Waals surface area contributed by atoms with E-state index in [4.69, 9.17) is 19.4 Å². The maximum Gasteiger partial charge on any atom is 0.296 e. The van der Waals surface area contributed by atoms with E-state index in [0.717, 1.165) is 45.7 Å². The third-order valence-corrected chi connectivity index (χ3v) is 7.96. The number of halogens is 2. The summed E-state index contributed by atoms with van der Waals surface area (Å²) in [4.78, 5) is 18.4. The fourth-order valence-corrected chi connectivity index (χ4v) is 5.87. The van der Waals surface area contributed by atoms with Gasteiger partial charge in [0.05, 0.1) is 37.5 Å². The van der Waals surface area contributed by atoms with E-state index < -0.39 is 6.43 Å². The van der Waals surface area contributed by atoms with Crippen molar-refractivity contribution >= 4 is 22.8 Å². The number of nitrogens with zero attached hydrogens (tertiary/aromatic N) is 6. The van der Waals surface area contributed by atoms with Crippen molar-refractivity contribution in [2.45, 2.75) is 38.2 Å². The van der Waals surface area contributed by atoms with Crippen LogP contribution < -0.4 is 10.2 Å². The second kappa shape index (κ2) is 14.3. The van der Waals surface area contributed by atoms with Gasteiger partial charge in [-0.25, -0.2) is 13.8 Å². The normalized spacial score (nSPS) is 22.0. The van der Waals surface area contributed by atoms with Crippen molar-refractivity contribution < 1.29 is 23.0 Å². The number of imidazole rings is 1. The standard InChI is InChI=1S/C27H35F2N7O2.C2H6O/c28-25(29)26-31-21-3-1-2-4-22(21)36(26)24-17-23(32-27(33-24)35-11-15-38-16-12-35)30-18-19-5-7-20(8-6-19)34-9-13-37-14-10-34;1-3-2/h1-4,17,19-20,25H,5-16,18H2,(H,30,32,33);1-2H3. The molecule has 224 valence electrons. The highest BCUT2D eigenvalue weighted by Crippen LogP contribution is 2.31. The molecular weight excluding hydrogens is 532 g/mol. The van der Waals surface area contributed by atoms with Gasteiger partial charge in [0.15, 0.2) is 5.82 Å². The summed E-state index contributed by atoms with van der Waals surface area (Å²) in [5, 5.41) is 3.52. The lowest BCUT2D eigenvalue weighted by molar-refractivity contribution is 0.00539. The largest absolute Gasteiger partial charge is 0.388 e. The number of methoxy groups -OCH3 is 1. The van der Waals surface area contributed by atoms with Gasteiger partial charge in [0.25, 0.3) is 6.43 Å². The lowest BCUT2D eigenvalue weighted by atomic mass is 9.85. The molecule has 2 saturated heterocycles. The quantitative estimate of drug-likeness (QED) is 0.448. The molecule has 3 aliphatic rings. The molecule has 3 aromatic rings. The van der Waals surface area contributed by atoms with Gasteiger partial charge in [0.2, 0.25) is 5.95 Å². The maximum atomic E-state index is 14.1. The second-order valence-corrected chi connectivity index (χ2v) is 10.7. The first-order chi connectivity index (χ1) is 20.1. The lowest BCUT2D eigenvalue weighted by Crippen LogP contribution is -2.45. The van der Waals surface area contributed by atoms with E-state index in [9.17, 15) is 8.78 Å². The molecule has 4 heterocycles. The average molecular weight is 574 g/mol. The van der Waals surface area contributed by atoms with Crippen LogP contribution in [0.15, 0.2) is 30.3 Å². The summed E-state index contributed by atoms with van der Waals surface area (Å²) in [5.41, 5.74) is 1.11. The first-order valence-corrected chi connectivity index (χ1v) is 14.5. The zero-order valence-electron chi connectivity index (χ0n) is 24.0. The Labute approximate surface area is 240 Å². The van der Waals surface area contributed by atoms with Crippen LogP contribution >= 0.6 is 0 Å². The Morgan fingerprint density at radius 3 is 2.27 bits per heavy atom. The van der Waals surface area contributed by atoms with Crippen LogP contribution in [0.5, 0.6) is 0 Å². The van der Waals surface area contributed by atoms with Gasteiger partial charge in [-0.15, -0.1) is 0 Å². The van der Waals surface area contributed by atoms with Crippen LogP contribution in [0.2, 0.25) is 0 Å². The van der Waals surface area contributed by atoms with Gasteiger partial charge in [-0.2, -0.15) is 9.97 Å². The maximum absolute atomic E-state index is 14.1. The molecule has 0 spiro atoms. The summed E-state index contributed by atoms with van der Waals surface area (Å²) < 4.78 is 44.9. The zero-order valence-corrected chi connectivity index (χ0v) is 24.0. The molecule has 0 amide bonds. The molecule has 10 nitrogen and oxygen atoms in total. The van der Waals surface area contributed by atoms with E-state index in [2.05, 4.69) is 19.9 Å². The van der Waals surface area contributed by atoms with Gasteiger partial charge in [0.1, 0.15) is 11.6 Å². The Hall–Kier alpha value is -2.93. The molecule has 0 unspecified atom stereocenters. The van der Waals surface area contributed by atoms with Crippen molar-refractivity contribution in [2.75, 3.05) is 83.6 Å². The number of hydrogen-bond donors (Lipinski definition) is 1. The monoisotopic (exact) mass is 573 g/mol. The number of morpholine rings is 2. The predicted octanol–water partition coefficient (Wildman–Crippen LogP) is 4.16. The molecule has 3 fully saturated rings. The third kappa shape index (κ3) is 7.29. The molecule has 0 radical (unpaired) electrons. The topological polar surface area (TPSA) is 89.8 Å². The number of aromatic nitrogens is 4.